The standard InChI is InChI=1S/C11H5F4NO3S/c12-6-3-1-2-5(8(6)19-11(13,14)15)4-7-9(17)16-10(18)20-7/h1-4H,(H,16,17,18). The van der Waals surface area contributed by atoms with Crippen molar-refractivity contribution in [2.45, 2.75) is 6.36 Å². The van der Waals surface area contributed by atoms with Crippen LogP contribution in [0.3, 0.4) is 0 Å². The molecule has 0 unspecified atom stereocenters. The number of thioether (sulfide) groups is 1. The van der Waals surface area contributed by atoms with E-state index < -0.39 is 29.1 Å². The summed E-state index contributed by atoms with van der Waals surface area (Å²) in [6, 6.07) is 3.08. The van der Waals surface area contributed by atoms with E-state index in [0.29, 0.717) is 11.8 Å². The molecule has 106 valence electrons. The Labute approximate surface area is 113 Å². The fourth-order valence-corrected chi connectivity index (χ4v) is 2.10. The minimum absolute atomic E-state index is 0.146. The molecule has 1 saturated heterocycles. The third-order valence-corrected chi connectivity index (χ3v) is 2.95. The number of halogens is 4. The van der Waals surface area contributed by atoms with Gasteiger partial charge in [-0.1, -0.05) is 12.1 Å². The molecule has 9 heteroatoms. The van der Waals surface area contributed by atoms with Gasteiger partial charge >= 0.3 is 6.36 Å². The van der Waals surface area contributed by atoms with Crippen LogP contribution in [-0.2, 0) is 4.79 Å². The molecule has 4 nitrogen and oxygen atoms in total. The van der Waals surface area contributed by atoms with Crippen LogP contribution >= 0.6 is 11.8 Å². The molecule has 20 heavy (non-hydrogen) atoms. The monoisotopic (exact) mass is 307 g/mol. The smallest absolute Gasteiger partial charge is 0.402 e. The maximum atomic E-state index is 13.4. The van der Waals surface area contributed by atoms with Gasteiger partial charge in [-0.05, 0) is 23.9 Å². The number of amides is 2. The Kier molecular flexibility index (Phi) is 3.71. The van der Waals surface area contributed by atoms with Gasteiger partial charge in [0.2, 0.25) is 0 Å². The van der Waals surface area contributed by atoms with Gasteiger partial charge in [0.25, 0.3) is 11.1 Å². The number of imide groups is 1. The summed E-state index contributed by atoms with van der Waals surface area (Å²) in [6.07, 6.45) is -4.12. The molecule has 0 atom stereocenters. The highest BCUT2D eigenvalue weighted by molar-refractivity contribution is 8.18. The first-order chi connectivity index (χ1) is 9.26. The molecule has 2 rings (SSSR count). The summed E-state index contributed by atoms with van der Waals surface area (Å²) in [5.41, 5.74) is -0.297. The third-order valence-electron chi connectivity index (χ3n) is 2.14. The second-order valence-electron chi connectivity index (χ2n) is 3.56. The maximum Gasteiger partial charge on any atom is 0.573 e. The van der Waals surface area contributed by atoms with E-state index in [1.165, 1.54) is 0 Å². The van der Waals surface area contributed by atoms with E-state index in [9.17, 15) is 27.2 Å². The predicted molar refractivity (Wildman–Crippen MR) is 62.2 cm³/mol. The van der Waals surface area contributed by atoms with Gasteiger partial charge in [-0.25, -0.2) is 4.39 Å². The molecule has 0 aromatic heterocycles. The summed E-state index contributed by atoms with van der Waals surface area (Å²) < 4.78 is 53.6. The molecule has 1 heterocycles. The molecule has 0 saturated carbocycles. The summed E-state index contributed by atoms with van der Waals surface area (Å²) in [5.74, 6) is -3.05. The Morgan fingerprint density at radius 2 is 1.95 bits per heavy atom. The van der Waals surface area contributed by atoms with Gasteiger partial charge in [-0.15, -0.1) is 13.2 Å². The summed E-state index contributed by atoms with van der Waals surface area (Å²) in [7, 11) is 0. The van der Waals surface area contributed by atoms with E-state index in [-0.39, 0.29) is 10.5 Å². The van der Waals surface area contributed by atoms with Crippen molar-refractivity contribution in [3.8, 4) is 5.75 Å². The molecular weight excluding hydrogens is 302 g/mol. The molecule has 2 amide bonds. The highest BCUT2D eigenvalue weighted by Gasteiger charge is 2.34. The first-order valence-corrected chi connectivity index (χ1v) is 5.87. The molecule has 1 N–H and O–H groups in total. The van der Waals surface area contributed by atoms with Crippen molar-refractivity contribution in [2.24, 2.45) is 0 Å². The number of rotatable bonds is 2. The number of benzene rings is 1. The van der Waals surface area contributed by atoms with E-state index in [1.807, 2.05) is 5.32 Å². The quantitative estimate of drug-likeness (QED) is 0.674. The van der Waals surface area contributed by atoms with Crippen LogP contribution in [0.2, 0.25) is 0 Å². The number of para-hydroxylation sites is 1. The number of nitrogens with one attached hydrogen (secondary N) is 1. The van der Waals surface area contributed by atoms with Gasteiger partial charge in [-0.3, -0.25) is 14.9 Å². The average Bonchev–Trinajstić information content (AvgIpc) is 2.61. The Balaban J connectivity index is 2.42. The zero-order chi connectivity index (χ0) is 14.9. The van der Waals surface area contributed by atoms with Crippen LogP contribution in [0.1, 0.15) is 5.56 Å². The largest absolute Gasteiger partial charge is 0.573 e. The van der Waals surface area contributed by atoms with Crippen molar-refractivity contribution in [2.75, 3.05) is 0 Å². The molecule has 1 aliphatic heterocycles. The summed E-state index contributed by atoms with van der Waals surface area (Å²) in [4.78, 5) is 22.1. The molecule has 1 aromatic carbocycles. The van der Waals surface area contributed by atoms with Crippen LogP contribution < -0.4 is 10.1 Å². The predicted octanol–water partition coefficient (Wildman–Crippen LogP) is 3.05. The second kappa shape index (κ2) is 5.16. The Hall–Kier alpha value is -2.03. The maximum absolute atomic E-state index is 13.4. The summed E-state index contributed by atoms with van der Waals surface area (Å²) in [5, 5.41) is 1.27. The van der Waals surface area contributed by atoms with Gasteiger partial charge in [0.05, 0.1) is 4.91 Å². The lowest BCUT2D eigenvalue weighted by Gasteiger charge is -2.12. The van der Waals surface area contributed by atoms with E-state index in [0.717, 1.165) is 24.3 Å². The van der Waals surface area contributed by atoms with Crippen LogP contribution in [0, 0.1) is 5.82 Å². The molecule has 1 fully saturated rings. The van der Waals surface area contributed by atoms with Crippen molar-refractivity contribution in [3.63, 3.8) is 0 Å². The Morgan fingerprint density at radius 1 is 1.25 bits per heavy atom. The lowest BCUT2D eigenvalue weighted by molar-refractivity contribution is -0.275. The van der Waals surface area contributed by atoms with Gasteiger partial charge < -0.3 is 4.74 Å². The zero-order valence-corrected chi connectivity index (χ0v) is 10.3. The van der Waals surface area contributed by atoms with E-state index in [4.69, 9.17) is 0 Å². The van der Waals surface area contributed by atoms with Crippen LogP contribution in [0.15, 0.2) is 23.1 Å². The Bertz CT molecular complexity index is 612. The van der Waals surface area contributed by atoms with E-state index in [1.54, 1.807) is 0 Å². The average molecular weight is 307 g/mol. The van der Waals surface area contributed by atoms with Crippen LogP contribution in [-0.4, -0.2) is 17.5 Å². The van der Waals surface area contributed by atoms with Crippen molar-refractivity contribution >= 4 is 29.0 Å². The highest BCUT2D eigenvalue weighted by Crippen LogP contribution is 2.33. The van der Waals surface area contributed by atoms with Gasteiger partial charge in [0, 0.05) is 5.56 Å². The van der Waals surface area contributed by atoms with Crippen molar-refractivity contribution in [1.29, 1.82) is 0 Å². The summed E-state index contributed by atoms with van der Waals surface area (Å²) >= 11 is 0.503. The molecule has 1 aromatic rings. The number of alkyl halides is 3. The SMILES string of the molecule is O=C1NC(=O)C(=Cc2cccc(F)c2OC(F)(F)F)S1. The van der Waals surface area contributed by atoms with Crippen LogP contribution in [0.5, 0.6) is 5.75 Å². The van der Waals surface area contributed by atoms with Crippen molar-refractivity contribution in [1.82, 2.24) is 5.32 Å². The lowest BCUT2D eigenvalue weighted by Crippen LogP contribution is -2.19. The molecule has 0 radical (unpaired) electrons. The van der Waals surface area contributed by atoms with Crippen molar-refractivity contribution in [3.05, 3.63) is 34.5 Å². The lowest BCUT2D eigenvalue weighted by atomic mass is 10.1. The van der Waals surface area contributed by atoms with Gasteiger partial charge in [0.15, 0.2) is 11.6 Å². The zero-order valence-electron chi connectivity index (χ0n) is 9.45. The fourth-order valence-electron chi connectivity index (χ4n) is 1.42. The first kappa shape index (κ1) is 14.4. The topological polar surface area (TPSA) is 55.4 Å². The minimum atomic E-state index is -5.07. The summed E-state index contributed by atoms with van der Waals surface area (Å²) in [6.45, 7) is 0. The molecule has 0 bridgehead atoms. The van der Waals surface area contributed by atoms with E-state index in [2.05, 4.69) is 4.74 Å². The molecule has 0 aliphatic carbocycles. The fraction of sp³-hybridized carbons (Fsp3) is 0.0909. The van der Waals surface area contributed by atoms with Gasteiger partial charge in [-0.2, -0.15) is 0 Å². The number of carbonyl (C=O) groups excluding carboxylic acids is 2. The van der Waals surface area contributed by atoms with Crippen LogP contribution in [0.4, 0.5) is 22.4 Å². The normalized spacial score (nSPS) is 17.5. The number of carbonyl (C=O) groups is 2. The first-order valence-electron chi connectivity index (χ1n) is 5.05. The molecular formula is C11H5F4NO3S. The number of hydrogen-bond acceptors (Lipinski definition) is 4. The third kappa shape index (κ3) is 3.29. The molecule has 0 spiro atoms. The minimum Gasteiger partial charge on any atom is -0.402 e. The number of ether oxygens (including phenoxy) is 1. The van der Waals surface area contributed by atoms with Crippen LogP contribution in [0.25, 0.3) is 6.08 Å². The Morgan fingerprint density at radius 3 is 2.50 bits per heavy atom. The van der Waals surface area contributed by atoms with E-state index >= 15 is 0 Å². The molecule has 1 aliphatic rings. The number of hydrogen-bond donors (Lipinski definition) is 1. The highest BCUT2D eigenvalue weighted by atomic mass is 32.2. The van der Waals surface area contributed by atoms with Crippen molar-refractivity contribution < 1.29 is 31.9 Å². The second-order valence-corrected chi connectivity index (χ2v) is 4.57. The van der Waals surface area contributed by atoms with Gasteiger partial charge in [0.1, 0.15) is 0 Å².